The molecule has 1 aromatic heterocycles. The number of alkyl carbamates (subject to hydrolysis) is 1. The Morgan fingerprint density at radius 1 is 1.07 bits per heavy atom. The number of hydrogen-bond acceptors (Lipinski definition) is 4. The van der Waals surface area contributed by atoms with Crippen LogP contribution < -0.4 is 5.32 Å². The minimum atomic E-state index is -0.628. The van der Waals surface area contributed by atoms with Crippen molar-refractivity contribution < 1.29 is 23.1 Å². The van der Waals surface area contributed by atoms with Crippen LogP contribution in [0.1, 0.15) is 65.4 Å². The number of halogens is 3. The van der Waals surface area contributed by atoms with Gasteiger partial charge < -0.3 is 19.5 Å². The first-order valence-corrected chi connectivity index (χ1v) is 14.1. The number of ether oxygens (including phenoxy) is 1. The lowest BCUT2D eigenvalue weighted by Crippen LogP contribution is -2.44. The summed E-state index contributed by atoms with van der Waals surface area (Å²) in [4.78, 5) is 31.8. The molecular formula is C31H39ClF2N4O3. The molecule has 0 radical (unpaired) electrons. The van der Waals surface area contributed by atoms with Crippen LogP contribution in [0.4, 0.5) is 13.6 Å². The number of benzene rings is 2. The number of aromatic nitrogens is 2. The maximum atomic E-state index is 14.8. The lowest BCUT2D eigenvalue weighted by molar-refractivity contribution is -0.133. The first-order valence-electron chi connectivity index (χ1n) is 13.6. The second kappa shape index (κ2) is 13.5. The number of nitrogens with zero attached hydrogens (tertiary/aromatic N) is 3. The monoisotopic (exact) mass is 588 g/mol. The van der Waals surface area contributed by atoms with Crippen molar-refractivity contribution in [2.24, 2.45) is 5.41 Å². The maximum Gasteiger partial charge on any atom is 0.407 e. The van der Waals surface area contributed by atoms with E-state index in [9.17, 15) is 18.4 Å². The number of nitrogens with one attached hydrogen (secondary N) is 1. The topological polar surface area (TPSA) is 76.5 Å². The molecule has 41 heavy (non-hydrogen) atoms. The second-order valence-corrected chi connectivity index (χ2v) is 12.3. The van der Waals surface area contributed by atoms with Crippen LogP contribution in [0.25, 0.3) is 11.3 Å². The maximum absolute atomic E-state index is 14.8. The van der Waals surface area contributed by atoms with Crippen LogP contribution in [0.2, 0.25) is 0 Å². The zero-order chi connectivity index (χ0) is 30.4. The molecule has 2 amide bonds. The summed E-state index contributed by atoms with van der Waals surface area (Å²) >= 11 is 6.07. The van der Waals surface area contributed by atoms with Crippen molar-refractivity contribution >= 4 is 23.6 Å². The highest BCUT2D eigenvalue weighted by Gasteiger charge is 2.38. The fourth-order valence-electron chi connectivity index (χ4n) is 4.60. The molecule has 0 aliphatic carbocycles. The quantitative estimate of drug-likeness (QED) is 0.205. The summed E-state index contributed by atoms with van der Waals surface area (Å²) in [6, 6.07) is 12.3. The summed E-state index contributed by atoms with van der Waals surface area (Å²) in [7, 11) is 0. The van der Waals surface area contributed by atoms with Crippen LogP contribution in [-0.4, -0.2) is 51.0 Å². The summed E-state index contributed by atoms with van der Waals surface area (Å²) in [5.74, 6) is -1.23. The van der Waals surface area contributed by atoms with Crippen LogP contribution in [0, 0.1) is 17.0 Å². The van der Waals surface area contributed by atoms with Crippen molar-refractivity contribution in [3.63, 3.8) is 0 Å². The highest BCUT2D eigenvalue weighted by Crippen LogP contribution is 2.39. The smallest absolute Gasteiger partial charge is 0.407 e. The van der Waals surface area contributed by atoms with Crippen LogP contribution in [0.15, 0.2) is 54.7 Å². The van der Waals surface area contributed by atoms with E-state index >= 15 is 0 Å². The number of carbonyl (C=O) groups is 2. The van der Waals surface area contributed by atoms with Crippen molar-refractivity contribution in [3.8, 4) is 11.3 Å². The second-order valence-electron chi connectivity index (χ2n) is 12.0. The average Bonchev–Trinajstić information content (AvgIpc) is 3.28. The third-order valence-electron chi connectivity index (χ3n) is 6.26. The Morgan fingerprint density at radius 2 is 1.76 bits per heavy atom. The molecule has 0 bridgehead atoms. The van der Waals surface area contributed by atoms with E-state index in [1.165, 1.54) is 0 Å². The van der Waals surface area contributed by atoms with Gasteiger partial charge in [0.25, 0.3) is 0 Å². The summed E-state index contributed by atoms with van der Waals surface area (Å²) in [5.41, 5.74) is 0.102. The zero-order valence-corrected chi connectivity index (χ0v) is 25.3. The number of hydrogen-bond donors (Lipinski definition) is 1. The van der Waals surface area contributed by atoms with E-state index in [-0.39, 0.29) is 36.1 Å². The van der Waals surface area contributed by atoms with Crippen LogP contribution >= 0.6 is 11.6 Å². The van der Waals surface area contributed by atoms with E-state index < -0.39 is 34.8 Å². The predicted octanol–water partition coefficient (Wildman–Crippen LogP) is 6.95. The molecule has 2 aromatic carbocycles. The Bertz CT molecular complexity index is 1330. The van der Waals surface area contributed by atoms with E-state index in [4.69, 9.17) is 21.3 Å². The number of carbonyl (C=O) groups excluding carboxylic acids is 2. The van der Waals surface area contributed by atoms with E-state index in [0.717, 1.165) is 23.8 Å². The van der Waals surface area contributed by atoms with E-state index in [2.05, 4.69) is 5.32 Å². The normalized spacial score (nSPS) is 12.6. The summed E-state index contributed by atoms with van der Waals surface area (Å²) in [6.07, 6.45) is 1.58. The molecule has 0 aliphatic rings. The highest BCUT2D eigenvalue weighted by molar-refractivity contribution is 6.27. The van der Waals surface area contributed by atoms with Crippen LogP contribution in [-0.2, 0) is 16.1 Å². The number of rotatable bonds is 10. The van der Waals surface area contributed by atoms with Crippen molar-refractivity contribution in [1.82, 2.24) is 19.8 Å². The fraction of sp³-hybridized carbons (Fsp3) is 0.452. The molecule has 10 heteroatoms. The molecule has 0 saturated carbocycles. The minimum absolute atomic E-state index is 0.0301. The van der Waals surface area contributed by atoms with Gasteiger partial charge in [-0.15, -0.1) is 11.6 Å². The highest BCUT2D eigenvalue weighted by atomic mass is 35.5. The predicted molar refractivity (Wildman–Crippen MR) is 157 cm³/mol. The van der Waals surface area contributed by atoms with E-state index in [1.54, 1.807) is 31.9 Å². The van der Waals surface area contributed by atoms with Gasteiger partial charge in [0.15, 0.2) is 0 Å². The number of alkyl halides is 1. The van der Waals surface area contributed by atoms with E-state index in [0.29, 0.717) is 18.8 Å². The van der Waals surface area contributed by atoms with Gasteiger partial charge in [-0.2, -0.15) is 0 Å². The third-order valence-corrected chi connectivity index (χ3v) is 6.49. The van der Waals surface area contributed by atoms with Crippen molar-refractivity contribution in [3.05, 3.63) is 77.8 Å². The van der Waals surface area contributed by atoms with Gasteiger partial charge in [0, 0.05) is 31.4 Å². The first-order chi connectivity index (χ1) is 19.2. The Hall–Kier alpha value is -3.46. The Morgan fingerprint density at radius 3 is 2.37 bits per heavy atom. The SMILES string of the molecule is CC(C)(C)OC(=O)NCCCN(C(=O)CCl)C(c1nc(-c2cc(F)ccc2F)cn1Cc1ccccc1)C(C)(C)C. The minimum Gasteiger partial charge on any atom is -0.444 e. The Kier molecular flexibility index (Phi) is 10.5. The van der Waals surface area contributed by atoms with Crippen LogP contribution in [0.3, 0.4) is 0 Å². The molecule has 1 heterocycles. The number of amides is 2. The van der Waals surface area contributed by atoms with Gasteiger partial charge in [0.05, 0.1) is 11.7 Å². The molecule has 1 atom stereocenters. The molecule has 7 nitrogen and oxygen atoms in total. The van der Waals surface area contributed by atoms with Gasteiger partial charge in [-0.25, -0.2) is 18.6 Å². The molecule has 222 valence electrons. The van der Waals surface area contributed by atoms with Gasteiger partial charge in [-0.05, 0) is 56.4 Å². The van der Waals surface area contributed by atoms with Crippen molar-refractivity contribution in [2.75, 3.05) is 19.0 Å². The molecule has 3 aromatic rings. The molecule has 3 rings (SSSR count). The fourth-order valence-corrected chi connectivity index (χ4v) is 4.76. The number of imidazole rings is 1. The average molecular weight is 589 g/mol. The lowest BCUT2D eigenvalue weighted by atomic mass is 9.84. The van der Waals surface area contributed by atoms with E-state index in [1.807, 2.05) is 55.7 Å². The molecule has 0 saturated heterocycles. The first kappa shape index (κ1) is 32.1. The zero-order valence-electron chi connectivity index (χ0n) is 24.5. The van der Waals surface area contributed by atoms with Gasteiger partial charge in [0.1, 0.15) is 28.9 Å². The van der Waals surface area contributed by atoms with Crippen molar-refractivity contribution in [1.29, 1.82) is 0 Å². The Labute approximate surface area is 245 Å². The largest absolute Gasteiger partial charge is 0.444 e. The molecule has 0 spiro atoms. The van der Waals surface area contributed by atoms with Gasteiger partial charge in [-0.1, -0.05) is 51.1 Å². The third kappa shape index (κ3) is 9.01. The summed E-state index contributed by atoms with van der Waals surface area (Å²) < 4.78 is 36.1. The van der Waals surface area contributed by atoms with Gasteiger partial charge in [-0.3, -0.25) is 4.79 Å². The molecule has 0 aliphatic heterocycles. The molecule has 0 fully saturated rings. The lowest BCUT2D eigenvalue weighted by Gasteiger charge is -2.40. The van der Waals surface area contributed by atoms with Crippen molar-refractivity contribution in [2.45, 2.75) is 66.2 Å². The van der Waals surface area contributed by atoms with Gasteiger partial charge >= 0.3 is 6.09 Å². The summed E-state index contributed by atoms with van der Waals surface area (Å²) in [6.45, 7) is 12.2. The Balaban J connectivity index is 2.02. The molecule has 1 unspecified atom stereocenters. The standard InChI is InChI=1S/C31H39ClF2N4O3/c1-30(2,3)27(38(26(39)18-32)16-10-15-35-29(40)41-31(4,5)6)28-36-25(23-17-22(33)13-14-24(23)34)20-37(28)19-21-11-8-7-9-12-21/h7-9,11-14,17,20,27H,10,15-16,18-19H2,1-6H3,(H,35,40). The molecule has 1 N–H and O–H groups in total. The molecular weight excluding hydrogens is 550 g/mol. The van der Waals surface area contributed by atoms with Crippen LogP contribution in [0.5, 0.6) is 0 Å². The summed E-state index contributed by atoms with van der Waals surface area (Å²) in [5, 5.41) is 2.72. The van der Waals surface area contributed by atoms with Gasteiger partial charge in [0.2, 0.25) is 5.91 Å².